The number of hydrogen-bond acceptors (Lipinski definition) is 4. The van der Waals surface area contributed by atoms with E-state index in [2.05, 4.69) is 10.3 Å². The van der Waals surface area contributed by atoms with Gasteiger partial charge in [-0.25, -0.2) is 0 Å². The summed E-state index contributed by atoms with van der Waals surface area (Å²) in [6.07, 6.45) is 1.64. The summed E-state index contributed by atoms with van der Waals surface area (Å²) in [7, 11) is 1.56. The molecule has 0 saturated heterocycles. The molecule has 2 aromatic rings. The molecule has 0 unspecified atom stereocenters. The van der Waals surface area contributed by atoms with E-state index >= 15 is 0 Å². The maximum Gasteiger partial charge on any atom is 0.139 e. The molecule has 1 heterocycles. The van der Waals surface area contributed by atoms with Gasteiger partial charge >= 0.3 is 0 Å². The van der Waals surface area contributed by atoms with Crippen LogP contribution in [0, 0.1) is 0 Å². The highest BCUT2D eigenvalue weighted by atomic mass is 35.5. The van der Waals surface area contributed by atoms with E-state index < -0.39 is 0 Å². The van der Waals surface area contributed by atoms with Crippen molar-refractivity contribution in [3.05, 3.63) is 47.2 Å². The molecule has 6 heteroatoms. The van der Waals surface area contributed by atoms with Gasteiger partial charge in [0, 0.05) is 18.0 Å². The van der Waals surface area contributed by atoms with Gasteiger partial charge in [-0.1, -0.05) is 23.8 Å². The first-order chi connectivity index (χ1) is 9.11. The van der Waals surface area contributed by atoms with E-state index in [0.717, 1.165) is 11.4 Å². The van der Waals surface area contributed by atoms with E-state index in [9.17, 15) is 0 Å². The molecule has 3 N–H and O–H groups in total. The van der Waals surface area contributed by atoms with Crippen LogP contribution in [0.25, 0.3) is 0 Å². The van der Waals surface area contributed by atoms with Crippen LogP contribution < -0.4 is 15.8 Å². The van der Waals surface area contributed by atoms with Crippen LogP contribution in [0.15, 0.2) is 36.5 Å². The Bertz CT molecular complexity index is 619. The molecule has 1 aromatic carbocycles. The van der Waals surface area contributed by atoms with Crippen molar-refractivity contribution in [3.8, 4) is 5.75 Å². The zero-order chi connectivity index (χ0) is 13.8. The van der Waals surface area contributed by atoms with Crippen LogP contribution in [0.5, 0.6) is 5.75 Å². The average Bonchev–Trinajstić information content (AvgIpc) is 2.41. The van der Waals surface area contributed by atoms with Gasteiger partial charge in [-0.05, 0) is 24.3 Å². The summed E-state index contributed by atoms with van der Waals surface area (Å²) in [6.45, 7) is 0. The van der Waals surface area contributed by atoms with Crippen LogP contribution in [0.1, 0.15) is 5.69 Å². The number of nitrogens with zero attached hydrogens (tertiary/aromatic N) is 1. The third-order valence-electron chi connectivity index (χ3n) is 2.47. The molecule has 0 radical (unpaired) electrons. The molecule has 0 aliphatic heterocycles. The Morgan fingerprint density at radius 1 is 1.42 bits per heavy atom. The molecule has 0 bridgehead atoms. The molecule has 0 aliphatic carbocycles. The molecule has 2 rings (SSSR count). The molecule has 1 aromatic heterocycles. The Hall–Kier alpha value is -1.85. The second-order valence-corrected chi connectivity index (χ2v) is 4.59. The third-order valence-corrected chi connectivity index (χ3v) is 2.98. The number of benzene rings is 1. The standard InChI is InChI=1S/C13H12ClN3OS/c1-18-11-7-8(4-5-9(11)14)17-10-3-2-6-16-12(10)13(15)19/h2-7,17H,1H3,(H2,15,19). The highest BCUT2D eigenvalue weighted by molar-refractivity contribution is 7.80. The first kappa shape index (κ1) is 13.6. The average molecular weight is 294 g/mol. The van der Waals surface area contributed by atoms with Gasteiger partial charge in [0.1, 0.15) is 16.4 Å². The highest BCUT2D eigenvalue weighted by Crippen LogP contribution is 2.29. The summed E-state index contributed by atoms with van der Waals surface area (Å²) in [6, 6.07) is 9.03. The fourth-order valence-electron chi connectivity index (χ4n) is 1.60. The SMILES string of the molecule is COc1cc(Nc2cccnc2C(N)=S)ccc1Cl. The van der Waals surface area contributed by atoms with Gasteiger partial charge in [-0.2, -0.15) is 0 Å². The number of nitrogens with one attached hydrogen (secondary N) is 1. The van der Waals surface area contributed by atoms with E-state index in [1.54, 1.807) is 31.5 Å². The number of anilines is 2. The van der Waals surface area contributed by atoms with Crippen LogP contribution >= 0.6 is 23.8 Å². The van der Waals surface area contributed by atoms with Gasteiger partial charge in [0.2, 0.25) is 0 Å². The van der Waals surface area contributed by atoms with Gasteiger partial charge in [0.25, 0.3) is 0 Å². The lowest BCUT2D eigenvalue weighted by Gasteiger charge is -2.11. The first-order valence-corrected chi connectivity index (χ1v) is 6.26. The molecule has 0 aliphatic rings. The van der Waals surface area contributed by atoms with Crippen molar-refractivity contribution in [2.45, 2.75) is 0 Å². The minimum absolute atomic E-state index is 0.240. The summed E-state index contributed by atoms with van der Waals surface area (Å²) in [5, 5.41) is 3.74. The van der Waals surface area contributed by atoms with Crippen molar-refractivity contribution >= 4 is 40.2 Å². The largest absolute Gasteiger partial charge is 0.495 e. The number of ether oxygens (including phenoxy) is 1. The predicted molar refractivity (Wildman–Crippen MR) is 81.4 cm³/mol. The van der Waals surface area contributed by atoms with Crippen molar-refractivity contribution in [1.82, 2.24) is 4.98 Å². The second kappa shape index (κ2) is 5.86. The molecular weight excluding hydrogens is 282 g/mol. The number of thiocarbonyl (C=S) groups is 1. The fraction of sp³-hybridized carbons (Fsp3) is 0.0769. The topological polar surface area (TPSA) is 60.2 Å². The van der Waals surface area contributed by atoms with Gasteiger partial charge in [0.15, 0.2) is 0 Å². The highest BCUT2D eigenvalue weighted by Gasteiger charge is 2.07. The predicted octanol–water partition coefficient (Wildman–Crippen LogP) is 3.12. The van der Waals surface area contributed by atoms with Crippen LogP contribution in [-0.4, -0.2) is 17.1 Å². The van der Waals surface area contributed by atoms with Crippen molar-refractivity contribution < 1.29 is 4.74 Å². The van der Waals surface area contributed by atoms with E-state index in [4.69, 9.17) is 34.3 Å². The van der Waals surface area contributed by atoms with Crippen LogP contribution in [0.3, 0.4) is 0 Å². The van der Waals surface area contributed by atoms with Crippen molar-refractivity contribution in [2.24, 2.45) is 5.73 Å². The Morgan fingerprint density at radius 2 is 2.21 bits per heavy atom. The number of aromatic nitrogens is 1. The lowest BCUT2D eigenvalue weighted by molar-refractivity contribution is 0.415. The van der Waals surface area contributed by atoms with E-state index in [1.807, 2.05) is 12.1 Å². The second-order valence-electron chi connectivity index (χ2n) is 3.74. The maximum atomic E-state index is 5.98. The Labute approximate surface area is 121 Å². The molecule has 0 atom stereocenters. The van der Waals surface area contributed by atoms with Gasteiger partial charge < -0.3 is 15.8 Å². The van der Waals surface area contributed by atoms with E-state index in [1.165, 1.54) is 0 Å². The molecule has 0 spiro atoms. The summed E-state index contributed by atoms with van der Waals surface area (Å²) in [4.78, 5) is 4.39. The van der Waals surface area contributed by atoms with Crippen LogP contribution in [-0.2, 0) is 0 Å². The Kier molecular flexibility index (Phi) is 4.19. The summed E-state index contributed by atoms with van der Waals surface area (Å²) in [5.74, 6) is 0.590. The Morgan fingerprint density at radius 3 is 2.89 bits per heavy atom. The fourth-order valence-corrected chi connectivity index (χ4v) is 1.95. The molecule has 0 amide bonds. The zero-order valence-electron chi connectivity index (χ0n) is 10.2. The molecule has 19 heavy (non-hydrogen) atoms. The molecule has 0 saturated carbocycles. The minimum atomic E-state index is 0.240. The lowest BCUT2D eigenvalue weighted by Crippen LogP contribution is -2.13. The maximum absolute atomic E-state index is 5.98. The number of methoxy groups -OCH3 is 1. The van der Waals surface area contributed by atoms with Crippen molar-refractivity contribution in [1.29, 1.82) is 0 Å². The van der Waals surface area contributed by atoms with Gasteiger partial charge in [0.05, 0.1) is 17.8 Å². The van der Waals surface area contributed by atoms with E-state index in [0.29, 0.717) is 16.5 Å². The number of pyridine rings is 1. The monoisotopic (exact) mass is 293 g/mol. The zero-order valence-corrected chi connectivity index (χ0v) is 11.8. The molecule has 98 valence electrons. The van der Waals surface area contributed by atoms with E-state index in [-0.39, 0.29) is 4.99 Å². The summed E-state index contributed by atoms with van der Waals surface area (Å²) in [5.41, 5.74) is 7.73. The van der Waals surface area contributed by atoms with Crippen molar-refractivity contribution in [3.63, 3.8) is 0 Å². The van der Waals surface area contributed by atoms with Crippen LogP contribution in [0.2, 0.25) is 5.02 Å². The molecule has 4 nitrogen and oxygen atoms in total. The third kappa shape index (κ3) is 3.13. The van der Waals surface area contributed by atoms with Crippen molar-refractivity contribution in [2.75, 3.05) is 12.4 Å². The lowest BCUT2D eigenvalue weighted by atomic mass is 10.2. The van der Waals surface area contributed by atoms with Gasteiger partial charge in [-0.15, -0.1) is 0 Å². The number of nitrogens with two attached hydrogens (primary N) is 1. The smallest absolute Gasteiger partial charge is 0.139 e. The number of halogens is 1. The first-order valence-electron chi connectivity index (χ1n) is 5.47. The number of hydrogen-bond donors (Lipinski definition) is 2. The van der Waals surface area contributed by atoms with Gasteiger partial charge in [-0.3, -0.25) is 4.98 Å². The molecular formula is C13H12ClN3OS. The molecule has 0 fully saturated rings. The summed E-state index contributed by atoms with van der Waals surface area (Å²) < 4.78 is 5.16. The summed E-state index contributed by atoms with van der Waals surface area (Å²) >= 11 is 10.9. The minimum Gasteiger partial charge on any atom is -0.495 e. The number of rotatable bonds is 4. The van der Waals surface area contributed by atoms with Crippen LogP contribution in [0.4, 0.5) is 11.4 Å². The quantitative estimate of drug-likeness (QED) is 0.848. The Balaban J connectivity index is 2.34. The normalized spacial score (nSPS) is 10.0.